The topological polar surface area (TPSA) is 47.4 Å². The Morgan fingerprint density at radius 3 is 2.53 bits per heavy atom. The zero-order valence-electron chi connectivity index (χ0n) is 16.7. The van der Waals surface area contributed by atoms with E-state index in [2.05, 4.69) is 5.10 Å². The van der Waals surface area contributed by atoms with Crippen LogP contribution in [0.2, 0.25) is 0 Å². The monoisotopic (exact) mass is 417 g/mol. The Bertz CT molecular complexity index is 1000. The largest absolute Gasteiger partial charge is 0.416 e. The lowest BCUT2D eigenvalue weighted by atomic mass is 10.1. The third kappa shape index (κ3) is 4.88. The maximum absolute atomic E-state index is 13.2. The normalized spacial score (nSPS) is 11.5. The second kappa shape index (κ2) is 9.13. The summed E-state index contributed by atoms with van der Waals surface area (Å²) < 4.78 is 45.6. The van der Waals surface area contributed by atoms with Gasteiger partial charge >= 0.3 is 6.18 Å². The van der Waals surface area contributed by atoms with Gasteiger partial charge in [0.15, 0.2) is 0 Å². The first-order valence-corrected chi connectivity index (χ1v) is 9.35. The fourth-order valence-electron chi connectivity index (χ4n) is 3.12. The first kappa shape index (κ1) is 21.6. The molecule has 0 bridgehead atoms. The van der Waals surface area contributed by atoms with E-state index < -0.39 is 11.7 Å². The molecule has 0 unspecified atom stereocenters. The van der Waals surface area contributed by atoms with E-state index >= 15 is 0 Å². The van der Waals surface area contributed by atoms with Crippen LogP contribution in [0.15, 0.2) is 60.8 Å². The number of amides is 1. The van der Waals surface area contributed by atoms with Crippen LogP contribution in [0.3, 0.4) is 0 Å². The Hall–Kier alpha value is -3.13. The molecule has 0 atom stereocenters. The molecule has 0 aliphatic carbocycles. The Morgan fingerprint density at radius 2 is 1.87 bits per heavy atom. The van der Waals surface area contributed by atoms with Gasteiger partial charge in [-0.15, -0.1) is 0 Å². The van der Waals surface area contributed by atoms with Gasteiger partial charge in [-0.2, -0.15) is 18.3 Å². The van der Waals surface area contributed by atoms with Gasteiger partial charge in [0, 0.05) is 20.2 Å². The number of nitrogens with zero attached hydrogens (tertiary/aromatic N) is 3. The molecule has 0 spiro atoms. The van der Waals surface area contributed by atoms with Crippen LogP contribution in [-0.2, 0) is 17.5 Å². The molecule has 8 heteroatoms. The van der Waals surface area contributed by atoms with Gasteiger partial charge in [0.25, 0.3) is 5.91 Å². The third-order valence-electron chi connectivity index (χ3n) is 4.73. The van der Waals surface area contributed by atoms with Crippen molar-refractivity contribution >= 4 is 5.91 Å². The highest BCUT2D eigenvalue weighted by molar-refractivity contribution is 5.95. The second-order valence-corrected chi connectivity index (χ2v) is 6.81. The minimum atomic E-state index is -4.46. The predicted molar refractivity (Wildman–Crippen MR) is 106 cm³/mol. The van der Waals surface area contributed by atoms with Crippen molar-refractivity contribution in [3.8, 4) is 5.69 Å². The van der Waals surface area contributed by atoms with Crippen molar-refractivity contribution in [1.82, 2.24) is 14.7 Å². The van der Waals surface area contributed by atoms with Gasteiger partial charge in [-0.05, 0) is 30.7 Å². The van der Waals surface area contributed by atoms with Crippen LogP contribution in [0.1, 0.15) is 27.2 Å². The van der Waals surface area contributed by atoms with E-state index in [9.17, 15) is 18.0 Å². The van der Waals surface area contributed by atoms with Gasteiger partial charge in [0.2, 0.25) is 0 Å². The lowest BCUT2D eigenvalue weighted by molar-refractivity contribution is -0.137. The van der Waals surface area contributed by atoms with E-state index in [4.69, 9.17) is 4.74 Å². The molecule has 158 valence electrons. The van der Waals surface area contributed by atoms with E-state index in [-0.39, 0.29) is 11.6 Å². The average molecular weight is 417 g/mol. The standard InChI is InChI=1S/C22H22F3N3O2/c1-16-20(14-26-28(16)19-10-6-9-18(13-19)22(23,24)25)21(29)27(11-12-30-2)15-17-7-4-3-5-8-17/h3-10,13-14H,11-12,15H2,1-2H3. The smallest absolute Gasteiger partial charge is 0.383 e. The Balaban J connectivity index is 1.90. The molecule has 5 nitrogen and oxygen atoms in total. The molecule has 0 saturated carbocycles. The molecule has 1 aromatic heterocycles. The zero-order valence-corrected chi connectivity index (χ0v) is 16.7. The summed E-state index contributed by atoms with van der Waals surface area (Å²) in [5.74, 6) is -0.258. The number of carbonyl (C=O) groups excluding carboxylic acids is 1. The minimum Gasteiger partial charge on any atom is -0.383 e. The highest BCUT2D eigenvalue weighted by Gasteiger charge is 2.31. The fraction of sp³-hybridized carbons (Fsp3) is 0.273. The van der Waals surface area contributed by atoms with Gasteiger partial charge < -0.3 is 9.64 Å². The highest BCUT2D eigenvalue weighted by Crippen LogP contribution is 2.30. The van der Waals surface area contributed by atoms with Crippen LogP contribution >= 0.6 is 0 Å². The van der Waals surface area contributed by atoms with E-state index in [1.165, 1.54) is 23.0 Å². The predicted octanol–water partition coefficient (Wildman–Crippen LogP) is 4.49. The second-order valence-electron chi connectivity index (χ2n) is 6.81. The number of benzene rings is 2. The third-order valence-corrected chi connectivity index (χ3v) is 4.73. The molecule has 0 saturated heterocycles. The lowest BCUT2D eigenvalue weighted by Gasteiger charge is -2.22. The van der Waals surface area contributed by atoms with E-state index in [0.29, 0.717) is 31.0 Å². The lowest BCUT2D eigenvalue weighted by Crippen LogP contribution is -2.33. The van der Waals surface area contributed by atoms with Gasteiger partial charge in [-0.3, -0.25) is 4.79 Å². The molecule has 0 N–H and O–H groups in total. The summed E-state index contributed by atoms with van der Waals surface area (Å²) in [4.78, 5) is 14.8. The first-order chi connectivity index (χ1) is 14.3. The van der Waals surface area contributed by atoms with Crippen molar-refractivity contribution in [2.24, 2.45) is 0 Å². The number of rotatable bonds is 7. The number of alkyl halides is 3. The van der Waals surface area contributed by atoms with Crippen molar-refractivity contribution in [3.63, 3.8) is 0 Å². The summed E-state index contributed by atoms with van der Waals surface area (Å²) in [5, 5.41) is 4.17. The van der Waals surface area contributed by atoms with Gasteiger partial charge in [-0.1, -0.05) is 36.4 Å². The molecule has 2 aromatic carbocycles. The van der Waals surface area contributed by atoms with Crippen molar-refractivity contribution in [2.45, 2.75) is 19.6 Å². The molecule has 0 aliphatic heterocycles. The fourth-order valence-corrected chi connectivity index (χ4v) is 3.12. The molecule has 3 rings (SSSR count). The Labute approximate surface area is 172 Å². The van der Waals surface area contributed by atoms with Crippen LogP contribution in [0.5, 0.6) is 0 Å². The van der Waals surface area contributed by atoms with Crippen molar-refractivity contribution in [2.75, 3.05) is 20.3 Å². The summed E-state index contributed by atoms with van der Waals surface area (Å²) in [7, 11) is 1.56. The van der Waals surface area contributed by atoms with Crippen LogP contribution in [0.25, 0.3) is 5.69 Å². The molecule has 0 radical (unpaired) electrons. The molecule has 0 aliphatic rings. The van der Waals surface area contributed by atoms with Crippen LogP contribution in [-0.4, -0.2) is 40.8 Å². The van der Waals surface area contributed by atoms with Gasteiger partial charge in [0.05, 0.1) is 35.3 Å². The SMILES string of the molecule is COCCN(Cc1ccccc1)C(=O)c1cnn(-c2cccc(C(F)(F)F)c2)c1C. The molecule has 0 fully saturated rings. The number of methoxy groups -OCH3 is 1. The Morgan fingerprint density at radius 1 is 1.13 bits per heavy atom. The minimum absolute atomic E-state index is 0.243. The maximum Gasteiger partial charge on any atom is 0.416 e. The molecule has 3 aromatic rings. The average Bonchev–Trinajstić information content (AvgIpc) is 3.12. The molecule has 1 amide bonds. The molecular weight excluding hydrogens is 395 g/mol. The Kier molecular flexibility index (Phi) is 6.56. The number of hydrogen-bond donors (Lipinski definition) is 0. The summed E-state index contributed by atoms with van der Waals surface area (Å²) in [6.45, 7) is 2.78. The van der Waals surface area contributed by atoms with E-state index in [0.717, 1.165) is 17.7 Å². The molecule has 30 heavy (non-hydrogen) atoms. The van der Waals surface area contributed by atoms with Crippen LogP contribution in [0, 0.1) is 6.92 Å². The number of ether oxygens (including phenoxy) is 1. The number of aromatic nitrogens is 2. The van der Waals surface area contributed by atoms with Crippen molar-refractivity contribution in [1.29, 1.82) is 0 Å². The summed E-state index contributed by atoms with van der Waals surface area (Å²) in [6, 6.07) is 14.4. The number of halogens is 3. The van der Waals surface area contributed by atoms with Crippen molar-refractivity contribution < 1.29 is 22.7 Å². The van der Waals surface area contributed by atoms with Gasteiger partial charge in [-0.25, -0.2) is 4.68 Å². The van der Waals surface area contributed by atoms with Crippen LogP contribution < -0.4 is 0 Å². The first-order valence-electron chi connectivity index (χ1n) is 9.35. The van der Waals surface area contributed by atoms with Gasteiger partial charge in [0.1, 0.15) is 0 Å². The zero-order chi connectivity index (χ0) is 21.7. The molecule has 1 heterocycles. The number of carbonyl (C=O) groups is 1. The van der Waals surface area contributed by atoms with Crippen molar-refractivity contribution in [3.05, 3.63) is 83.2 Å². The maximum atomic E-state index is 13.2. The van der Waals surface area contributed by atoms with E-state index in [1.807, 2.05) is 30.3 Å². The van der Waals surface area contributed by atoms with Crippen LogP contribution in [0.4, 0.5) is 13.2 Å². The quantitative estimate of drug-likeness (QED) is 0.569. The summed E-state index contributed by atoms with van der Waals surface area (Å²) in [5.41, 5.74) is 1.24. The number of hydrogen-bond acceptors (Lipinski definition) is 3. The highest BCUT2D eigenvalue weighted by atomic mass is 19.4. The molecular formula is C22H22F3N3O2. The summed E-state index contributed by atoms with van der Waals surface area (Å²) >= 11 is 0. The van der Waals surface area contributed by atoms with E-state index in [1.54, 1.807) is 18.9 Å². The summed E-state index contributed by atoms with van der Waals surface area (Å²) in [6.07, 6.45) is -3.06.